The number of hydrogen-bond donors (Lipinski definition) is 1. The summed E-state index contributed by atoms with van der Waals surface area (Å²) in [5, 5.41) is 3.87. The van der Waals surface area contributed by atoms with Crippen LogP contribution in [0.25, 0.3) is 10.9 Å². The number of benzene rings is 2. The summed E-state index contributed by atoms with van der Waals surface area (Å²) < 4.78 is 7.21. The number of nitrogens with zero attached hydrogens (tertiary/aromatic N) is 1. The fourth-order valence-electron chi connectivity index (χ4n) is 2.61. The van der Waals surface area contributed by atoms with Crippen LogP contribution in [0.15, 0.2) is 59.5 Å². The number of carbonyl (C=O) groups excluding carboxylic acids is 1. The largest absolute Gasteiger partial charge is 0.492 e. The zero-order chi connectivity index (χ0) is 17.8. The van der Waals surface area contributed by atoms with Gasteiger partial charge in [-0.15, -0.1) is 0 Å². The number of halogens is 1. The second-order valence-electron chi connectivity index (χ2n) is 5.45. The number of aromatic nitrogens is 1. The van der Waals surface area contributed by atoms with Crippen molar-refractivity contribution in [3.05, 3.63) is 70.0 Å². The number of anilines is 1. The molecule has 0 spiro atoms. The highest BCUT2D eigenvalue weighted by Gasteiger charge is 2.10. The first-order valence-corrected chi connectivity index (χ1v) is 8.26. The van der Waals surface area contributed by atoms with Gasteiger partial charge in [-0.2, -0.15) is 0 Å². The van der Waals surface area contributed by atoms with Crippen molar-refractivity contribution in [3.63, 3.8) is 0 Å². The molecule has 0 radical (unpaired) electrons. The standard InChI is InChI=1S/C19H17ClN2O3/c1-2-25-18-6-4-3-5-15(18)21-19(24)12-22-10-9-17(23)14-8-7-13(20)11-16(14)22/h3-11H,2,12H2,1H3,(H,21,24). The van der Waals surface area contributed by atoms with E-state index in [0.717, 1.165) is 0 Å². The molecule has 0 fully saturated rings. The van der Waals surface area contributed by atoms with Crippen molar-refractivity contribution in [3.8, 4) is 5.75 Å². The number of carbonyl (C=O) groups is 1. The Labute approximate surface area is 149 Å². The monoisotopic (exact) mass is 356 g/mol. The molecule has 0 saturated carbocycles. The van der Waals surface area contributed by atoms with E-state index in [4.69, 9.17) is 16.3 Å². The predicted octanol–water partition coefficient (Wildman–Crippen LogP) is 3.69. The summed E-state index contributed by atoms with van der Waals surface area (Å²) in [4.78, 5) is 24.4. The highest BCUT2D eigenvalue weighted by molar-refractivity contribution is 6.31. The Kier molecular flexibility index (Phi) is 5.05. The second-order valence-corrected chi connectivity index (χ2v) is 5.88. The van der Waals surface area contributed by atoms with Crippen LogP contribution in [0.4, 0.5) is 5.69 Å². The van der Waals surface area contributed by atoms with E-state index >= 15 is 0 Å². The molecule has 5 nitrogen and oxygen atoms in total. The first kappa shape index (κ1) is 17.0. The molecule has 2 aromatic carbocycles. The van der Waals surface area contributed by atoms with Crippen LogP contribution < -0.4 is 15.5 Å². The van der Waals surface area contributed by atoms with E-state index in [0.29, 0.717) is 34.0 Å². The molecule has 25 heavy (non-hydrogen) atoms. The van der Waals surface area contributed by atoms with Crippen molar-refractivity contribution in [2.45, 2.75) is 13.5 Å². The normalized spacial score (nSPS) is 10.6. The van der Waals surface area contributed by atoms with E-state index in [1.54, 1.807) is 41.1 Å². The van der Waals surface area contributed by atoms with E-state index in [1.165, 1.54) is 6.07 Å². The van der Waals surface area contributed by atoms with Crippen molar-refractivity contribution >= 4 is 34.1 Å². The van der Waals surface area contributed by atoms with Gasteiger partial charge in [0, 0.05) is 22.7 Å². The maximum atomic E-state index is 12.5. The molecule has 128 valence electrons. The molecule has 1 heterocycles. The van der Waals surface area contributed by atoms with Crippen molar-refractivity contribution in [1.29, 1.82) is 0 Å². The third-order valence-electron chi connectivity index (χ3n) is 3.72. The first-order valence-electron chi connectivity index (χ1n) is 7.89. The van der Waals surface area contributed by atoms with Crippen LogP contribution in [0.2, 0.25) is 5.02 Å². The van der Waals surface area contributed by atoms with Crippen LogP contribution in [-0.2, 0) is 11.3 Å². The summed E-state index contributed by atoms with van der Waals surface area (Å²) in [5.41, 5.74) is 1.12. The molecule has 0 unspecified atom stereocenters. The second kappa shape index (κ2) is 7.40. The molecular formula is C19H17ClN2O3. The van der Waals surface area contributed by atoms with Gasteiger partial charge in [-0.1, -0.05) is 23.7 Å². The van der Waals surface area contributed by atoms with Gasteiger partial charge in [0.15, 0.2) is 5.43 Å². The molecule has 1 aromatic heterocycles. The van der Waals surface area contributed by atoms with E-state index in [2.05, 4.69) is 5.32 Å². The van der Waals surface area contributed by atoms with Crippen LogP contribution in [0.5, 0.6) is 5.75 Å². The SMILES string of the molecule is CCOc1ccccc1NC(=O)Cn1ccc(=O)c2ccc(Cl)cc21. The lowest BCUT2D eigenvalue weighted by molar-refractivity contribution is -0.116. The molecule has 1 N–H and O–H groups in total. The third kappa shape index (κ3) is 3.83. The fourth-order valence-corrected chi connectivity index (χ4v) is 2.78. The maximum Gasteiger partial charge on any atom is 0.244 e. The third-order valence-corrected chi connectivity index (χ3v) is 3.95. The van der Waals surface area contributed by atoms with E-state index in [9.17, 15) is 9.59 Å². The highest BCUT2D eigenvalue weighted by atomic mass is 35.5. The van der Waals surface area contributed by atoms with Crippen LogP contribution in [0.3, 0.4) is 0 Å². The summed E-state index contributed by atoms with van der Waals surface area (Å²) in [6.45, 7) is 2.45. The Morgan fingerprint density at radius 1 is 1.20 bits per heavy atom. The van der Waals surface area contributed by atoms with Crippen molar-refractivity contribution in [1.82, 2.24) is 4.57 Å². The molecule has 0 saturated heterocycles. The van der Waals surface area contributed by atoms with Crippen molar-refractivity contribution < 1.29 is 9.53 Å². The molecule has 0 bridgehead atoms. The van der Waals surface area contributed by atoms with Gasteiger partial charge < -0.3 is 14.6 Å². The lowest BCUT2D eigenvalue weighted by atomic mass is 10.2. The van der Waals surface area contributed by atoms with Crippen LogP contribution >= 0.6 is 11.6 Å². The Bertz CT molecular complexity index is 982. The topological polar surface area (TPSA) is 60.3 Å². The highest BCUT2D eigenvalue weighted by Crippen LogP contribution is 2.24. The molecular weight excluding hydrogens is 340 g/mol. The average molecular weight is 357 g/mol. The Morgan fingerprint density at radius 3 is 2.80 bits per heavy atom. The minimum atomic E-state index is -0.225. The summed E-state index contributed by atoms with van der Waals surface area (Å²) in [6, 6.07) is 13.7. The number of pyridine rings is 1. The predicted molar refractivity (Wildman–Crippen MR) is 99.5 cm³/mol. The lowest BCUT2D eigenvalue weighted by Gasteiger charge is -2.13. The molecule has 0 atom stereocenters. The summed E-state index contributed by atoms with van der Waals surface area (Å²) >= 11 is 6.03. The summed E-state index contributed by atoms with van der Waals surface area (Å²) in [7, 11) is 0. The lowest BCUT2D eigenvalue weighted by Crippen LogP contribution is -2.20. The van der Waals surface area contributed by atoms with Crippen LogP contribution in [0, 0.1) is 0 Å². The smallest absolute Gasteiger partial charge is 0.244 e. The van der Waals surface area contributed by atoms with Crippen LogP contribution in [-0.4, -0.2) is 17.1 Å². The average Bonchev–Trinajstić information content (AvgIpc) is 2.59. The number of ether oxygens (including phenoxy) is 1. The number of para-hydroxylation sites is 2. The maximum absolute atomic E-state index is 12.5. The quantitative estimate of drug-likeness (QED) is 0.758. The Balaban J connectivity index is 1.87. The molecule has 3 rings (SSSR count). The van der Waals surface area contributed by atoms with Crippen molar-refractivity contribution in [2.24, 2.45) is 0 Å². The molecule has 0 aliphatic carbocycles. The Morgan fingerprint density at radius 2 is 2.00 bits per heavy atom. The molecule has 0 aliphatic heterocycles. The van der Waals surface area contributed by atoms with Gasteiger partial charge in [-0.3, -0.25) is 9.59 Å². The number of nitrogens with one attached hydrogen (secondary N) is 1. The van der Waals surface area contributed by atoms with Gasteiger partial charge in [-0.05, 0) is 37.3 Å². The minimum absolute atomic E-state index is 0.0532. The van der Waals surface area contributed by atoms with Crippen LogP contribution in [0.1, 0.15) is 6.92 Å². The zero-order valence-electron chi connectivity index (χ0n) is 13.7. The van der Waals surface area contributed by atoms with Gasteiger partial charge in [0.25, 0.3) is 0 Å². The number of rotatable bonds is 5. The zero-order valence-corrected chi connectivity index (χ0v) is 14.4. The van der Waals surface area contributed by atoms with E-state index in [-0.39, 0.29) is 17.9 Å². The first-order chi connectivity index (χ1) is 12.1. The molecule has 0 aliphatic rings. The summed E-state index contributed by atoms with van der Waals surface area (Å²) in [6.07, 6.45) is 1.59. The van der Waals surface area contributed by atoms with Gasteiger partial charge >= 0.3 is 0 Å². The van der Waals surface area contributed by atoms with Gasteiger partial charge in [0.05, 0.1) is 17.8 Å². The fraction of sp³-hybridized carbons (Fsp3) is 0.158. The number of amides is 1. The number of hydrogen-bond acceptors (Lipinski definition) is 3. The van der Waals surface area contributed by atoms with Gasteiger partial charge in [0.1, 0.15) is 12.3 Å². The van der Waals surface area contributed by atoms with E-state index < -0.39 is 0 Å². The summed E-state index contributed by atoms with van der Waals surface area (Å²) in [5.74, 6) is 0.392. The van der Waals surface area contributed by atoms with Gasteiger partial charge in [0.2, 0.25) is 5.91 Å². The van der Waals surface area contributed by atoms with E-state index in [1.807, 2.05) is 19.1 Å². The minimum Gasteiger partial charge on any atom is -0.492 e. The molecule has 3 aromatic rings. The Hall–Kier alpha value is -2.79. The number of fused-ring (bicyclic) bond motifs is 1. The molecule has 6 heteroatoms. The van der Waals surface area contributed by atoms with Gasteiger partial charge in [-0.25, -0.2) is 0 Å². The van der Waals surface area contributed by atoms with Crippen molar-refractivity contribution in [2.75, 3.05) is 11.9 Å². The molecule has 1 amide bonds.